The van der Waals surface area contributed by atoms with Gasteiger partial charge in [-0.05, 0) is 24.3 Å². The van der Waals surface area contributed by atoms with Crippen molar-refractivity contribution in [3.8, 4) is 11.3 Å². The summed E-state index contributed by atoms with van der Waals surface area (Å²) >= 11 is 5.95. The van der Waals surface area contributed by atoms with Gasteiger partial charge in [0.25, 0.3) is 0 Å². The van der Waals surface area contributed by atoms with Crippen LogP contribution in [0.4, 0.5) is 5.69 Å². The fraction of sp³-hybridized carbons (Fsp3) is 0.143. The lowest BCUT2D eigenvalue weighted by Crippen LogP contribution is -2.08. The maximum atomic E-state index is 5.95. The minimum absolute atomic E-state index is 0.454. The van der Waals surface area contributed by atoms with Gasteiger partial charge < -0.3 is 4.90 Å². The molecule has 0 atom stereocenters. The van der Waals surface area contributed by atoms with Crippen LogP contribution in [0.3, 0.4) is 0 Å². The Balaban J connectivity index is 2.18. The van der Waals surface area contributed by atoms with E-state index in [1.165, 1.54) is 0 Å². The first-order valence-electron chi connectivity index (χ1n) is 5.93. The fourth-order valence-electron chi connectivity index (χ4n) is 1.99. The third kappa shape index (κ3) is 2.15. The van der Waals surface area contributed by atoms with Crippen LogP contribution >= 0.6 is 11.6 Å². The first kappa shape index (κ1) is 12.0. The number of imidazole rings is 1. The highest BCUT2D eigenvalue weighted by Gasteiger charge is 2.08. The van der Waals surface area contributed by atoms with Gasteiger partial charge in [-0.1, -0.05) is 23.7 Å². The predicted molar refractivity (Wildman–Crippen MR) is 77.8 cm³/mol. The van der Waals surface area contributed by atoms with Crippen molar-refractivity contribution in [3.63, 3.8) is 0 Å². The molecule has 3 aromatic rings. The molecule has 0 radical (unpaired) electrons. The van der Waals surface area contributed by atoms with Crippen molar-refractivity contribution in [3.05, 3.63) is 47.7 Å². The second kappa shape index (κ2) is 4.55. The molecule has 4 nitrogen and oxygen atoms in total. The van der Waals surface area contributed by atoms with Crippen LogP contribution in [0.1, 0.15) is 0 Å². The predicted octanol–water partition coefficient (Wildman–Crippen LogP) is 3.12. The Morgan fingerprint density at radius 3 is 2.79 bits per heavy atom. The molecule has 0 amide bonds. The molecule has 0 fully saturated rings. The van der Waals surface area contributed by atoms with Crippen LogP contribution in [0.15, 0.2) is 42.6 Å². The number of halogens is 1. The third-order valence-corrected chi connectivity index (χ3v) is 3.19. The monoisotopic (exact) mass is 272 g/mol. The second-order valence-corrected chi connectivity index (χ2v) is 4.90. The van der Waals surface area contributed by atoms with Crippen LogP contribution in [0.5, 0.6) is 0 Å². The molecule has 0 aliphatic rings. The highest BCUT2D eigenvalue weighted by atomic mass is 35.5. The SMILES string of the molecule is CN(C)c1cccc(-c2cnc3ccc(Cl)nn23)c1. The van der Waals surface area contributed by atoms with Crippen molar-refractivity contribution >= 4 is 22.9 Å². The lowest BCUT2D eigenvalue weighted by molar-refractivity contribution is 0.943. The van der Waals surface area contributed by atoms with E-state index in [0.717, 1.165) is 22.6 Å². The Bertz CT molecular complexity index is 733. The summed E-state index contributed by atoms with van der Waals surface area (Å²) in [7, 11) is 4.03. The number of hydrogen-bond acceptors (Lipinski definition) is 3. The molecule has 2 aromatic heterocycles. The lowest BCUT2D eigenvalue weighted by Gasteiger charge is -2.13. The van der Waals surface area contributed by atoms with E-state index in [9.17, 15) is 0 Å². The Hall–Kier alpha value is -2.07. The van der Waals surface area contributed by atoms with E-state index in [4.69, 9.17) is 11.6 Å². The van der Waals surface area contributed by atoms with Gasteiger partial charge in [0.05, 0.1) is 11.9 Å². The quantitative estimate of drug-likeness (QED) is 0.719. The number of rotatable bonds is 2. The van der Waals surface area contributed by atoms with Gasteiger partial charge in [-0.3, -0.25) is 0 Å². The molecular weight excluding hydrogens is 260 g/mol. The van der Waals surface area contributed by atoms with Crippen molar-refractivity contribution in [1.82, 2.24) is 14.6 Å². The standard InChI is InChI=1S/C14H13ClN4/c1-18(2)11-5-3-4-10(8-11)12-9-16-14-7-6-13(15)17-19(12)14/h3-9H,1-2H3. The van der Waals surface area contributed by atoms with Crippen LogP contribution in [0.25, 0.3) is 16.9 Å². The summed E-state index contributed by atoms with van der Waals surface area (Å²) in [6, 6.07) is 11.8. The average Bonchev–Trinajstić information content (AvgIpc) is 2.81. The number of anilines is 1. The molecule has 1 aromatic carbocycles. The largest absolute Gasteiger partial charge is 0.378 e. The molecule has 2 heterocycles. The average molecular weight is 273 g/mol. The highest BCUT2D eigenvalue weighted by molar-refractivity contribution is 6.29. The summed E-state index contributed by atoms with van der Waals surface area (Å²) in [5.41, 5.74) is 3.92. The summed E-state index contributed by atoms with van der Waals surface area (Å²) in [6.45, 7) is 0. The summed E-state index contributed by atoms with van der Waals surface area (Å²) in [5.74, 6) is 0. The smallest absolute Gasteiger partial charge is 0.154 e. The molecule has 0 unspecified atom stereocenters. The normalized spacial score (nSPS) is 10.9. The van der Waals surface area contributed by atoms with Crippen LogP contribution in [0.2, 0.25) is 5.15 Å². The molecule has 0 spiro atoms. The van der Waals surface area contributed by atoms with Crippen molar-refractivity contribution in [2.75, 3.05) is 19.0 Å². The van der Waals surface area contributed by atoms with Gasteiger partial charge in [0.1, 0.15) is 5.15 Å². The van der Waals surface area contributed by atoms with Crippen molar-refractivity contribution < 1.29 is 0 Å². The molecule has 0 N–H and O–H groups in total. The number of nitrogens with zero attached hydrogens (tertiary/aromatic N) is 4. The molecule has 19 heavy (non-hydrogen) atoms. The molecule has 0 bridgehead atoms. The molecule has 0 aliphatic heterocycles. The van der Waals surface area contributed by atoms with Crippen molar-refractivity contribution in [2.24, 2.45) is 0 Å². The van der Waals surface area contributed by atoms with E-state index in [0.29, 0.717) is 5.15 Å². The second-order valence-electron chi connectivity index (χ2n) is 4.51. The van der Waals surface area contributed by atoms with Gasteiger partial charge in [-0.25, -0.2) is 9.50 Å². The van der Waals surface area contributed by atoms with Crippen LogP contribution in [-0.4, -0.2) is 28.7 Å². The van der Waals surface area contributed by atoms with Gasteiger partial charge in [-0.2, -0.15) is 5.10 Å². The van der Waals surface area contributed by atoms with E-state index in [-0.39, 0.29) is 0 Å². The molecular formula is C14H13ClN4. The van der Waals surface area contributed by atoms with Gasteiger partial charge >= 0.3 is 0 Å². The summed E-state index contributed by atoms with van der Waals surface area (Å²) in [6.07, 6.45) is 1.81. The zero-order valence-corrected chi connectivity index (χ0v) is 11.5. The van der Waals surface area contributed by atoms with Gasteiger partial charge in [-0.15, -0.1) is 0 Å². The van der Waals surface area contributed by atoms with E-state index in [1.807, 2.05) is 38.5 Å². The zero-order chi connectivity index (χ0) is 13.4. The van der Waals surface area contributed by atoms with E-state index in [1.54, 1.807) is 10.6 Å². The lowest BCUT2D eigenvalue weighted by atomic mass is 10.1. The highest BCUT2D eigenvalue weighted by Crippen LogP contribution is 2.24. The first-order chi connectivity index (χ1) is 9.15. The number of fused-ring (bicyclic) bond motifs is 1. The Morgan fingerprint density at radius 2 is 2.00 bits per heavy atom. The molecule has 3 rings (SSSR count). The molecule has 5 heteroatoms. The topological polar surface area (TPSA) is 33.4 Å². The number of hydrogen-bond donors (Lipinski definition) is 0. The maximum absolute atomic E-state index is 5.95. The van der Waals surface area contributed by atoms with Gasteiger partial charge in [0.15, 0.2) is 5.65 Å². The first-order valence-corrected chi connectivity index (χ1v) is 6.31. The van der Waals surface area contributed by atoms with Crippen LogP contribution in [0, 0.1) is 0 Å². The minimum atomic E-state index is 0.454. The Labute approximate surface area is 116 Å². The van der Waals surface area contributed by atoms with Crippen molar-refractivity contribution in [2.45, 2.75) is 0 Å². The summed E-state index contributed by atoms with van der Waals surface area (Å²) in [4.78, 5) is 6.40. The van der Waals surface area contributed by atoms with E-state index < -0.39 is 0 Å². The molecule has 0 saturated heterocycles. The minimum Gasteiger partial charge on any atom is -0.378 e. The number of aromatic nitrogens is 3. The Kier molecular flexibility index (Phi) is 2.87. The summed E-state index contributed by atoms with van der Waals surface area (Å²) in [5, 5.41) is 4.75. The molecule has 0 aliphatic carbocycles. The fourth-order valence-corrected chi connectivity index (χ4v) is 2.13. The van der Waals surface area contributed by atoms with E-state index in [2.05, 4.69) is 27.1 Å². The summed E-state index contributed by atoms with van der Waals surface area (Å²) < 4.78 is 1.76. The van der Waals surface area contributed by atoms with Gasteiger partial charge in [0, 0.05) is 25.3 Å². The Morgan fingerprint density at radius 1 is 1.16 bits per heavy atom. The maximum Gasteiger partial charge on any atom is 0.154 e. The number of benzene rings is 1. The van der Waals surface area contributed by atoms with Crippen molar-refractivity contribution in [1.29, 1.82) is 0 Å². The van der Waals surface area contributed by atoms with Crippen LogP contribution in [-0.2, 0) is 0 Å². The van der Waals surface area contributed by atoms with Gasteiger partial charge in [0.2, 0.25) is 0 Å². The zero-order valence-electron chi connectivity index (χ0n) is 10.7. The van der Waals surface area contributed by atoms with Crippen LogP contribution < -0.4 is 4.90 Å². The molecule has 96 valence electrons. The van der Waals surface area contributed by atoms with E-state index >= 15 is 0 Å². The molecule has 0 saturated carbocycles. The third-order valence-electron chi connectivity index (χ3n) is 2.99.